The quantitative estimate of drug-likeness (QED) is 0.264. The first-order valence-electron chi connectivity index (χ1n) is 10.9. The van der Waals surface area contributed by atoms with Gasteiger partial charge in [0.1, 0.15) is 18.2 Å². The highest BCUT2D eigenvalue weighted by Gasteiger charge is 2.19. The summed E-state index contributed by atoms with van der Waals surface area (Å²) in [6.45, 7) is 2.03. The molecule has 0 bridgehead atoms. The average molecular weight is 433 g/mol. The van der Waals surface area contributed by atoms with Crippen LogP contribution in [-0.4, -0.2) is 18.5 Å². The van der Waals surface area contributed by atoms with Crippen LogP contribution >= 0.6 is 0 Å². The standard InChI is InChI=1S/C25H30F2O4/c1-2-3-4-5-6-7-8-11-16-30-24(28)21-12-9-10-13-22(21)25(29)31-18-19-17-20(26)14-15-23(19)27/h9-10,12-15,17H,2-8,11,16,18H2,1H3. The van der Waals surface area contributed by atoms with E-state index in [0.717, 1.165) is 37.5 Å². The highest BCUT2D eigenvalue weighted by atomic mass is 19.1. The maximum atomic E-state index is 13.7. The molecule has 31 heavy (non-hydrogen) atoms. The van der Waals surface area contributed by atoms with Gasteiger partial charge in [0, 0.05) is 5.56 Å². The predicted octanol–water partition coefficient (Wildman–Crippen LogP) is 6.62. The molecule has 0 saturated heterocycles. The lowest BCUT2D eigenvalue weighted by molar-refractivity contribution is 0.0433. The van der Waals surface area contributed by atoms with Crippen molar-refractivity contribution in [2.45, 2.75) is 64.9 Å². The number of hydrogen-bond acceptors (Lipinski definition) is 4. The molecule has 0 saturated carbocycles. The molecular formula is C25H30F2O4. The first-order valence-corrected chi connectivity index (χ1v) is 10.9. The van der Waals surface area contributed by atoms with E-state index in [1.807, 2.05) is 0 Å². The third-order valence-corrected chi connectivity index (χ3v) is 4.96. The summed E-state index contributed by atoms with van der Waals surface area (Å²) >= 11 is 0. The van der Waals surface area contributed by atoms with Gasteiger partial charge in [-0.2, -0.15) is 0 Å². The lowest BCUT2D eigenvalue weighted by Gasteiger charge is -2.10. The Balaban J connectivity index is 1.81. The van der Waals surface area contributed by atoms with Gasteiger partial charge in [-0.1, -0.05) is 64.0 Å². The zero-order chi connectivity index (χ0) is 22.5. The molecule has 0 atom stereocenters. The fraction of sp³-hybridized carbons (Fsp3) is 0.440. The summed E-state index contributed by atoms with van der Waals surface area (Å²) in [7, 11) is 0. The summed E-state index contributed by atoms with van der Waals surface area (Å²) < 4.78 is 37.4. The Morgan fingerprint density at radius 3 is 2.00 bits per heavy atom. The van der Waals surface area contributed by atoms with Crippen molar-refractivity contribution in [1.82, 2.24) is 0 Å². The van der Waals surface area contributed by atoms with E-state index in [-0.39, 0.29) is 23.3 Å². The van der Waals surface area contributed by atoms with Crippen LogP contribution in [0.3, 0.4) is 0 Å². The predicted molar refractivity (Wildman–Crippen MR) is 115 cm³/mol. The molecule has 0 aromatic heterocycles. The molecule has 2 aromatic carbocycles. The smallest absolute Gasteiger partial charge is 0.339 e. The minimum atomic E-state index is -0.803. The van der Waals surface area contributed by atoms with E-state index in [0.29, 0.717) is 0 Å². The van der Waals surface area contributed by atoms with Crippen molar-refractivity contribution in [3.63, 3.8) is 0 Å². The molecule has 0 fully saturated rings. The molecule has 168 valence electrons. The van der Waals surface area contributed by atoms with Gasteiger partial charge < -0.3 is 9.47 Å². The SMILES string of the molecule is CCCCCCCCCCOC(=O)c1ccccc1C(=O)OCc1cc(F)ccc1F. The number of hydrogen-bond donors (Lipinski definition) is 0. The highest BCUT2D eigenvalue weighted by molar-refractivity contribution is 6.03. The van der Waals surface area contributed by atoms with Crippen molar-refractivity contribution >= 4 is 11.9 Å². The second-order valence-corrected chi connectivity index (χ2v) is 7.47. The number of carbonyl (C=O) groups excluding carboxylic acids is 2. The molecule has 0 radical (unpaired) electrons. The van der Waals surface area contributed by atoms with E-state index in [1.54, 1.807) is 12.1 Å². The van der Waals surface area contributed by atoms with Crippen LogP contribution in [0.2, 0.25) is 0 Å². The Labute approximate surface area is 182 Å². The van der Waals surface area contributed by atoms with Gasteiger partial charge in [0.2, 0.25) is 0 Å². The molecule has 0 amide bonds. The van der Waals surface area contributed by atoms with Gasteiger partial charge in [0.15, 0.2) is 0 Å². The molecule has 0 spiro atoms. The van der Waals surface area contributed by atoms with Crippen LogP contribution in [-0.2, 0) is 16.1 Å². The van der Waals surface area contributed by atoms with Crippen LogP contribution in [0.5, 0.6) is 0 Å². The van der Waals surface area contributed by atoms with Crippen molar-refractivity contribution in [2.24, 2.45) is 0 Å². The van der Waals surface area contributed by atoms with Gasteiger partial charge in [0.05, 0.1) is 17.7 Å². The Hall–Kier alpha value is -2.76. The van der Waals surface area contributed by atoms with Crippen LogP contribution in [0.15, 0.2) is 42.5 Å². The lowest BCUT2D eigenvalue weighted by Crippen LogP contribution is -2.14. The number of esters is 2. The molecule has 6 heteroatoms. The number of benzene rings is 2. The van der Waals surface area contributed by atoms with E-state index in [9.17, 15) is 18.4 Å². The van der Waals surface area contributed by atoms with Gasteiger partial charge in [-0.25, -0.2) is 18.4 Å². The van der Waals surface area contributed by atoms with E-state index in [4.69, 9.17) is 9.47 Å². The minimum Gasteiger partial charge on any atom is -0.462 e. The summed E-state index contributed by atoms with van der Waals surface area (Å²) in [6.07, 6.45) is 9.07. The molecule has 2 rings (SSSR count). The molecule has 0 heterocycles. The van der Waals surface area contributed by atoms with Gasteiger partial charge in [-0.05, 0) is 36.8 Å². The third kappa shape index (κ3) is 8.48. The second kappa shape index (κ2) is 13.5. The zero-order valence-electron chi connectivity index (χ0n) is 18.0. The van der Waals surface area contributed by atoms with Gasteiger partial charge >= 0.3 is 11.9 Å². The number of halogens is 2. The maximum absolute atomic E-state index is 13.7. The first-order chi connectivity index (χ1) is 15.0. The summed E-state index contributed by atoms with van der Waals surface area (Å²) in [5.41, 5.74) is 0.0371. The topological polar surface area (TPSA) is 52.6 Å². The van der Waals surface area contributed by atoms with Crippen LogP contribution in [0, 0.1) is 11.6 Å². The first kappa shape index (κ1) is 24.5. The molecule has 0 aliphatic carbocycles. The fourth-order valence-corrected chi connectivity index (χ4v) is 3.19. The number of ether oxygens (including phenoxy) is 2. The Kier molecular flexibility index (Phi) is 10.7. The molecule has 0 unspecified atom stereocenters. The molecule has 2 aromatic rings. The van der Waals surface area contributed by atoms with Crippen molar-refractivity contribution in [3.8, 4) is 0 Å². The van der Waals surface area contributed by atoms with Crippen LogP contribution in [0.25, 0.3) is 0 Å². The lowest BCUT2D eigenvalue weighted by atomic mass is 10.1. The van der Waals surface area contributed by atoms with E-state index < -0.39 is 30.2 Å². The number of unbranched alkanes of at least 4 members (excludes halogenated alkanes) is 7. The van der Waals surface area contributed by atoms with E-state index in [2.05, 4.69) is 6.92 Å². The van der Waals surface area contributed by atoms with E-state index in [1.165, 1.54) is 44.2 Å². The monoisotopic (exact) mass is 432 g/mol. The highest BCUT2D eigenvalue weighted by Crippen LogP contribution is 2.16. The van der Waals surface area contributed by atoms with Gasteiger partial charge in [-0.15, -0.1) is 0 Å². The summed E-state index contributed by atoms with van der Waals surface area (Å²) in [6, 6.07) is 9.05. The van der Waals surface area contributed by atoms with Crippen molar-refractivity contribution < 1.29 is 27.8 Å². The van der Waals surface area contributed by atoms with Gasteiger partial charge in [0.25, 0.3) is 0 Å². The molecule has 0 aliphatic heterocycles. The second-order valence-electron chi connectivity index (χ2n) is 7.47. The van der Waals surface area contributed by atoms with E-state index >= 15 is 0 Å². The third-order valence-electron chi connectivity index (χ3n) is 4.96. The van der Waals surface area contributed by atoms with Crippen LogP contribution in [0.4, 0.5) is 8.78 Å². The maximum Gasteiger partial charge on any atom is 0.339 e. The Morgan fingerprint density at radius 1 is 0.774 bits per heavy atom. The zero-order valence-corrected chi connectivity index (χ0v) is 18.0. The molecule has 0 N–H and O–H groups in total. The molecule has 4 nitrogen and oxygen atoms in total. The Morgan fingerprint density at radius 2 is 1.35 bits per heavy atom. The van der Waals surface area contributed by atoms with Crippen molar-refractivity contribution in [1.29, 1.82) is 0 Å². The largest absolute Gasteiger partial charge is 0.462 e. The minimum absolute atomic E-state index is 0.0280. The van der Waals surface area contributed by atoms with Crippen molar-refractivity contribution in [3.05, 3.63) is 70.8 Å². The molecule has 0 aliphatic rings. The normalized spacial score (nSPS) is 10.7. The summed E-state index contributed by atoms with van der Waals surface area (Å²) in [5.74, 6) is -2.71. The Bertz CT molecular complexity index is 851. The number of rotatable bonds is 13. The average Bonchev–Trinajstić information content (AvgIpc) is 2.78. The van der Waals surface area contributed by atoms with Crippen molar-refractivity contribution in [2.75, 3.05) is 6.61 Å². The van der Waals surface area contributed by atoms with Crippen LogP contribution < -0.4 is 0 Å². The number of carbonyl (C=O) groups is 2. The summed E-state index contributed by atoms with van der Waals surface area (Å²) in [4.78, 5) is 24.8. The van der Waals surface area contributed by atoms with Gasteiger partial charge in [-0.3, -0.25) is 0 Å². The fourth-order valence-electron chi connectivity index (χ4n) is 3.19. The summed E-state index contributed by atoms with van der Waals surface area (Å²) in [5, 5.41) is 0. The molecular weight excluding hydrogens is 402 g/mol. The van der Waals surface area contributed by atoms with Crippen LogP contribution in [0.1, 0.15) is 84.6 Å².